The molecule has 0 bridgehead atoms. The van der Waals surface area contributed by atoms with Crippen molar-refractivity contribution in [3.8, 4) is 17.2 Å². The van der Waals surface area contributed by atoms with Gasteiger partial charge in [0, 0.05) is 25.9 Å². The molecule has 0 unspecified atom stereocenters. The number of fused-ring (bicyclic) bond motifs is 2. The minimum absolute atomic E-state index is 0.130. The van der Waals surface area contributed by atoms with Crippen LogP contribution in [0, 0.1) is 0 Å². The van der Waals surface area contributed by atoms with E-state index in [0.29, 0.717) is 23.5 Å². The van der Waals surface area contributed by atoms with Crippen molar-refractivity contribution in [3.63, 3.8) is 0 Å². The van der Waals surface area contributed by atoms with Crippen LogP contribution in [-0.2, 0) is 0 Å². The SMILES string of the molecule is COc1ccc2c(c1)C(=O)CC1(CCN(c3nc4ccc(OC)cc4s3)CC1)O2. The number of hydrogen-bond acceptors (Lipinski definition) is 7. The Morgan fingerprint density at radius 3 is 2.55 bits per heavy atom. The highest BCUT2D eigenvalue weighted by molar-refractivity contribution is 7.22. The molecule has 3 aromatic rings. The van der Waals surface area contributed by atoms with E-state index in [1.165, 1.54) is 0 Å². The van der Waals surface area contributed by atoms with Crippen LogP contribution in [0.25, 0.3) is 10.2 Å². The molecule has 0 atom stereocenters. The van der Waals surface area contributed by atoms with Crippen molar-refractivity contribution < 1.29 is 19.0 Å². The molecule has 2 aliphatic heterocycles. The molecule has 1 saturated heterocycles. The Balaban J connectivity index is 1.34. The molecule has 2 aliphatic rings. The summed E-state index contributed by atoms with van der Waals surface area (Å²) in [5.74, 6) is 2.32. The molecule has 0 amide bonds. The van der Waals surface area contributed by atoms with E-state index in [0.717, 1.165) is 47.0 Å². The molecule has 2 aromatic carbocycles. The number of rotatable bonds is 3. The Morgan fingerprint density at radius 1 is 1.07 bits per heavy atom. The number of ketones is 1. The van der Waals surface area contributed by atoms with Crippen LogP contribution >= 0.6 is 11.3 Å². The lowest BCUT2D eigenvalue weighted by molar-refractivity contribution is 0.0231. The average Bonchev–Trinajstić information content (AvgIpc) is 3.17. The van der Waals surface area contributed by atoms with E-state index in [9.17, 15) is 4.79 Å². The van der Waals surface area contributed by atoms with Crippen LogP contribution in [0.1, 0.15) is 29.6 Å². The zero-order chi connectivity index (χ0) is 20.0. The molecule has 3 heterocycles. The maximum atomic E-state index is 12.8. The second-order valence-electron chi connectivity index (χ2n) is 7.56. The molecular formula is C22H22N2O4S. The van der Waals surface area contributed by atoms with Crippen LogP contribution < -0.4 is 19.1 Å². The summed E-state index contributed by atoms with van der Waals surface area (Å²) in [6, 6.07) is 11.4. The molecule has 1 fully saturated rings. The monoisotopic (exact) mass is 410 g/mol. The van der Waals surface area contributed by atoms with Crippen LogP contribution in [-0.4, -0.2) is 43.7 Å². The maximum Gasteiger partial charge on any atom is 0.186 e. The van der Waals surface area contributed by atoms with Gasteiger partial charge in [0.2, 0.25) is 0 Å². The second-order valence-corrected chi connectivity index (χ2v) is 8.57. The summed E-state index contributed by atoms with van der Waals surface area (Å²) in [6.07, 6.45) is 2.00. The van der Waals surface area contributed by atoms with Crippen LogP contribution in [0.5, 0.6) is 17.2 Å². The first kappa shape index (κ1) is 18.2. The fourth-order valence-electron chi connectivity index (χ4n) is 4.14. The standard InChI is InChI=1S/C22H22N2O4S/c1-26-14-4-6-19-16(11-14)18(25)13-22(28-19)7-9-24(10-8-22)21-23-17-5-3-15(27-2)12-20(17)29-21/h3-6,11-12H,7-10,13H2,1-2H3. The summed E-state index contributed by atoms with van der Waals surface area (Å²) < 4.78 is 18.0. The van der Waals surface area contributed by atoms with Crippen molar-refractivity contribution in [2.75, 3.05) is 32.2 Å². The number of carbonyl (C=O) groups excluding carboxylic acids is 1. The van der Waals surface area contributed by atoms with Crippen LogP contribution in [0.4, 0.5) is 5.13 Å². The third-order valence-corrected chi connectivity index (χ3v) is 6.90. The molecule has 6 nitrogen and oxygen atoms in total. The van der Waals surface area contributed by atoms with Crippen LogP contribution in [0.3, 0.4) is 0 Å². The average molecular weight is 410 g/mol. The summed E-state index contributed by atoms with van der Waals surface area (Å²) in [7, 11) is 3.28. The molecule has 29 heavy (non-hydrogen) atoms. The highest BCUT2D eigenvalue weighted by Gasteiger charge is 2.43. The molecule has 1 spiro atoms. The quantitative estimate of drug-likeness (QED) is 0.641. The molecule has 0 radical (unpaired) electrons. The fraction of sp³-hybridized carbons (Fsp3) is 0.364. The molecule has 0 N–H and O–H groups in total. The first-order valence-corrected chi connectivity index (χ1v) is 10.5. The van der Waals surface area contributed by atoms with Gasteiger partial charge in [0.1, 0.15) is 22.8 Å². The minimum Gasteiger partial charge on any atom is -0.497 e. The van der Waals surface area contributed by atoms with Gasteiger partial charge in [-0.05, 0) is 36.4 Å². The van der Waals surface area contributed by atoms with E-state index in [1.807, 2.05) is 30.3 Å². The lowest BCUT2D eigenvalue weighted by Crippen LogP contribution is -2.51. The third kappa shape index (κ3) is 3.19. The number of thiazole rings is 1. The van der Waals surface area contributed by atoms with Gasteiger partial charge >= 0.3 is 0 Å². The first-order chi connectivity index (χ1) is 14.1. The number of piperidine rings is 1. The van der Waals surface area contributed by atoms with E-state index in [1.54, 1.807) is 31.6 Å². The van der Waals surface area contributed by atoms with Crippen molar-refractivity contribution in [1.82, 2.24) is 4.98 Å². The smallest absolute Gasteiger partial charge is 0.186 e. The highest BCUT2D eigenvalue weighted by atomic mass is 32.1. The van der Waals surface area contributed by atoms with Crippen LogP contribution in [0.15, 0.2) is 36.4 Å². The van der Waals surface area contributed by atoms with Gasteiger partial charge in [-0.3, -0.25) is 4.79 Å². The van der Waals surface area contributed by atoms with Crippen molar-refractivity contribution >= 4 is 32.5 Å². The Kier molecular flexibility index (Phi) is 4.35. The normalized spacial score (nSPS) is 17.9. The molecule has 7 heteroatoms. The molecular weight excluding hydrogens is 388 g/mol. The predicted octanol–water partition coefficient (Wildman–Crippen LogP) is 4.32. The number of anilines is 1. The maximum absolute atomic E-state index is 12.8. The van der Waals surface area contributed by atoms with E-state index in [4.69, 9.17) is 19.2 Å². The fourth-order valence-corrected chi connectivity index (χ4v) is 5.19. The zero-order valence-electron chi connectivity index (χ0n) is 16.4. The number of nitrogens with zero attached hydrogens (tertiary/aromatic N) is 2. The molecule has 150 valence electrons. The van der Waals surface area contributed by atoms with E-state index in [2.05, 4.69) is 4.90 Å². The Bertz CT molecular complexity index is 1090. The summed E-state index contributed by atoms with van der Waals surface area (Å²) in [5.41, 5.74) is 1.19. The highest BCUT2D eigenvalue weighted by Crippen LogP contribution is 2.42. The van der Waals surface area contributed by atoms with E-state index in [-0.39, 0.29) is 5.78 Å². The van der Waals surface area contributed by atoms with Crippen LogP contribution in [0.2, 0.25) is 0 Å². The number of methoxy groups -OCH3 is 2. The number of carbonyl (C=O) groups is 1. The van der Waals surface area contributed by atoms with Gasteiger partial charge in [-0.2, -0.15) is 0 Å². The summed E-state index contributed by atoms with van der Waals surface area (Å²) >= 11 is 1.67. The number of benzene rings is 2. The van der Waals surface area contributed by atoms with E-state index >= 15 is 0 Å². The molecule has 0 aliphatic carbocycles. The lowest BCUT2D eigenvalue weighted by atomic mass is 9.82. The van der Waals surface area contributed by atoms with Gasteiger partial charge in [-0.25, -0.2) is 4.98 Å². The van der Waals surface area contributed by atoms with Crippen molar-refractivity contribution in [2.24, 2.45) is 0 Å². The number of aromatic nitrogens is 1. The van der Waals surface area contributed by atoms with E-state index < -0.39 is 5.60 Å². The summed E-state index contributed by atoms with van der Waals surface area (Å²) in [6.45, 7) is 1.63. The predicted molar refractivity (Wildman–Crippen MR) is 113 cm³/mol. The molecule has 1 aromatic heterocycles. The largest absolute Gasteiger partial charge is 0.497 e. The third-order valence-electron chi connectivity index (χ3n) is 5.83. The number of hydrogen-bond donors (Lipinski definition) is 0. The van der Waals surface area contributed by atoms with Gasteiger partial charge in [0.15, 0.2) is 10.9 Å². The van der Waals surface area contributed by atoms with Crippen molar-refractivity contribution in [1.29, 1.82) is 0 Å². The zero-order valence-corrected chi connectivity index (χ0v) is 17.3. The summed E-state index contributed by atoms with van der Waals surface area (Å²) in [4.78, 5) is 19.9. The van der Waals surface area contributed by atoms with Gasteiger partial charge < -0.3 is 19.1 Å². The first-order valence-electron chi connectivity index (χ1n) is 9.69. The topological polar surface area (TPSA) is 60.9 Å². The van der Waals surface area contributed by atoms with Gasteiger partial charge in [-0.15, -0.1) is 0 Å². The number of ether oxygens (including phenoxy) is 3. The van der Waals surface area contributed by atoms with Gasteiger partial charge in [0.05, 0.1) is 36.4 Å². The Hall–Kier alpha value is -2.80. The Labute approximate surface area is 173 Å². The number of Topliss-reactive ketones (excluding diaryl/α,β-unsaturated/α-hetero) is 1. The second kappa shape index (κ2) is 6.91. The Morgan fingerprint density at radius 2 is 1.79 bits per heavy atom. The minimum atomic E-state index is -0.422. The lowest BCUT2D eigenvalue weighted by Gasteiger charge is -2.43. The van der Waals surface area contributed by atoms with Crippen molar-refractivity contribution in [3.05, 3.63) is 42.0 Å². The van der Waals surface area contributed by atoms with Crippen molar-refractivity contribution in [2.45, 2.75) is 24.9 Å². The molecule has 0 saturated carbocycles. The van der Waals surface area contributed by atoms with Gasteiger partial charge in [0.25, 0.3) is 0 Å². The summed E-state index contributed by atoms with van der Waals surface area (Å²) in [5, 5.41) is 1.01. The van der Waals surface area contributed by atoms with Gasteiger partial charge in [-0.1, -0.05) is 11.3 Å². The molecule has 5 rings (SSSR count).